The van der Waals surface area contributed by atoms with Crippen molar-refractivity contribution >= 4 is 11.9 Å². The van der Waals surface area contributed by atoms with Crippen molar-refractivity contribution in [2.45, 2.75) is 51.1 Å². The molecular weight excluding hydrogens is 360 g/mol. The lowest BCUT2D eigenvalue weighted by Crippen LogP contribution is -2.45. The van der Waals surface area contributed by atoms with Crippen LogP contribution in [0.4, 0.5) is 0 Å². The molecule has 1 aromatic carbocycles. The summed E-state index contributed by atoms with van der Waals surface area (Å²) in [4.78, 5) is 23.6. The van der Waals surface area contributed by atoms with E-state index in [9.17, 15) is 0 Å². The molecule has 1 aromatic rings. The highest BCUT2D eigenvalue weighted by molar-refractivity contribution is 6.27. The number of rotatable bonds is 4. The van der Waals surface area contributed by atoms with E-state index in [-0.39, 0.29) is 0 Å². The molecule has 2 heterocycles. The van der Waals surface area contributed by atoms with Crippen LogP contribution in [0.1, 0.15) is 44.1 Å². The van der Waals surface area contributed by atoms with E-state index >= 15 is 0 Å². The molecule has 0 radical (unpaired) electrons. The Balaban J connectivity index is 0.000000409. The Morgan fingerprint density at radius 3 is 1.93 bits per heavy atom. The highest BCUT2D eigenvalue weighted by Gasteiger charge is 2.24. The van der Waals surface area contributed by atoms with Crippen molar-refractivity contribution in [3.8, 4) is 5.75 Å². The number of carboxylic acids is 2. The third kappa shape index (κ3) is 7.48. The van der Waals surface area contributed by atoms with Gasteiger partial charge >= 0.3 is 11.9 Å². The van der Waals surface area contributed by atoms with Gasteiger partial charge in [0, 0.05) is 12.6 Å². The van der Waals surface area contributed by atoms with Crippen molar-refractivity contribution in [3.63, 3.8) is 0 Å². The lowest BCUT2D eigenvalue weighted by atomic mass is 10.0. The fourth-order valence-electron chi connectivity index (χ4n) is 3.89. The predicted octanol–water partition coefficient (Wildman–Crippen LogP) is 2.69. The number of likely N-dealkylation sites (tertiary alicyclic amines) is 2. The molecular formula is C21H32N2O5. The number of nitrogens with zero attached hydrogens (tertiary/aromatic N) is 2. The summed E-state index contributed by atoms with van der Waals surface area (Å²) in [7, 11) is 1.72. The van der Waals surface area contributed by atoms with Crippen LogP contribution in [0, 0.1) is 0 Å². The lowest BCUT2D eigenvalue weighted by molar-refractivity contribution is -0.159. The van der Waals surface area contributed by atoms with Gasteiger partial charge in [0.15, 0.2) is 0 Å². The summed E-state index contributed by atoms with van der Waals surface area (Å²) in [5, 5.41) is 14.8. The van der Waals surface area contributed by atoms with E-state index in [4.69, 9.17) is 24.5 Å². The van der Waals surface area contributed by atoms with Crippen LogP contribution in [0.25, 0.3) is 0 Å². The fraction of sp³-hybridized carbons (Fsp3) is 0.619. The molecule has 0 amide bonds. The summed E-state index contributed by atoms with van der Waals surface area (Å²) in [6.07, 6.45) is 8.38. The van der Waals surface area contributed by atoms with Crippen LogP contribution in [0.15, 0.2) is 24.3 Å². The highest BCUT2D eigenvalue weighted by Crippen LogP contribution is 2.22. The average Bonchev–Trinajstić information content (AvgIpc) is 2.99. The largest absolute Gasteiger partial charge is 0.497 e. The molecule has 156 valence electrons. The number of piperidine rings is 1. The van der Waals surface area contributed by atoms with Crippen LogP contribution in [-0.2, 0) is 16.1 Å². The zero-order valence-electron chi connectivity index (χ0n) is 16.7. The average molecular weight is 392 g/mol. The predicted molar refractivity (Wildman–Crippen MR) is 107 cm³/mol. The lowest BCUT2D eigenvalue weighted by Gasteiger charge is -2.38. The van der Waals surface area contributed by atoms with Crippen LogP contribution < -0.4 is 4.74 Å². The van der Waals surface area contributed by atoms with Gasteiger partial charge in [0.05, 0.1) is 7.11 Å². The number of ether oxygens (including phenoxy) is 1. The van der Waals surface area contributed by atoms with E-state index in [1.165, 1.54) is 70.3 Å². The highest BCUT2D eigenvalue weighted by atomic mass is 16.5. The molecule has 0 saturated carbocycles. The second kappa shape index (κ2) is 11.7. The van der Waals surface area contributed by atoms with E-state index < -0.39 is 11.9 Å². The molecule has 0 bridgehead atoms. The molecule has 2 aliphatic heterocycles. The summed E-state index contributed by atoms with van der Waals surface area (Å²) >= 11 is 0. The first-order valence-electron chi connectivity index (χ1n) is 10.0. The Hall–Kier alpha value is -2.12. The van der Waals surface area contributed by atoms with Gasteiger partial charge in [0.25, 0.3) is 0 Å². The Morgan fingerprint density at radius 2 is 1.46 bits per heavy atom. The molecule has 0 unspecified atom stereocenters. The number of carboxylic acid groups (broad SMARTS) is 2. The third-order valence-electron chi connectivity index (χ3n) is 5.46. The molecule has 0 spiro atoms. The summed E-state index contributed by atoms with van der Waals surface area (Å²) in [6, 6.07) is 9.36. The Bertz CT molecular complexity index is 592. The van der Waals surface area contributed by atoms with Gasteiger partial charge in [-0.3, -0.25) is 4.90 Å². The minimum Gasteiger partial charge on any atom is -0.497 e. The fourth-order valence-corrected chi connectivity index (χ4v) is 3.89. The number of benzene rings is 1. The SMILES string of the molecule is COc1ccc(CN2CCC(N3CCCCCC3)CC2)cc1.O=C(O)C(=O)O. The molecule has 2 N–H and O–H groups in total. The van der Waals surface area contributed by atoms with Crippen molar-refractivity contribution in [2.24, 2.45) is 0 Å². The molecule has 7 nitrogen and oxygen atoms in total. The maximum Gasteiger partial charge on any atom is 0.414 e. The third-order valence-corrected chi connectivity index (χ3v) is 5.46. The topological polar surface area (TPSA) is 90.3 Å². The van der Waals surface area contributed by atoms with Crippen LogP contribution in [-0.4, -0.2) is 71.3 Å². The van der Waals surface area contributed by atoms with Crippen molar-refractivity contribution in [1.29, 1.82) is 0 Å². The first-order chi connectivity index (χ1) is 13.5. The van der Waals surface area contributed by atoms with Crippen LogP contribution in [0.2, 0.25) is 0 Å². The monoisotopic (exact) mass is 392 g/mol. The van der Waals surface area contributed by atoms with Gasteiger partial charge in [-0.25, -0.2) is 9.59 Å². The normalized spacial score (nSPS) is 19.2. The molecule has 28 heavy (non-hydrogen) atoms. The standard InChI is InChI=1S/C19H30N2O.C2H2O4/c1-22-19-8-6-17(7-9-19)16-20-14-10-18(11-15-20)21-12-4-2-3-5-13-21;3-1(4)2(5)6/h6-9,18H,2-5,10-16H2,1H3;(H,3,4)(H,5,6). The minimum atomic E-state index is -1.82. The Kier molecular flexibility index (Phi) is 9.23. The van der Waals surface area contributed by atoms with E-state index in [1.807, 2.05) is 0 Å². The number of carbonyl (C=O) groups is 2. The molecule has 2 saturated heterocycles. The van der Waals surface area contributed by atoms with Crippen molar-refractivity contribution in [1.82, 2.24) is 9.80 Å². The molecule has 2 aliphatic rings. The molecule has 0 aliphatic carbocycles. The van der Waals surface area contributed by atoms with E-state index in [0.717, 1.165) is 18.3 Å². The van der Waals surface area contributed by atoms with Gasteiger partial charge < -0.3 is 19.8 Å². The number of hydrogen-bond acceptors (Lipinski definition) is 5. The smallest absolute Gasteiger partial charge is 0.414 e. The first-order valence-corrected chi connectivity index (χ1v) is 10.0. The summed E-state index contributed by atoms with van der Waals surface area (Å²) in [5.41, 5.74) is 1.40. The van der Waals surface area contributed by atoms with Crippen LogP contribution >= 0.6 is 0 Å². The second-order valence-electron chi connectivity index (χ2n) is 7.42. The molecule has 2 fully saturated rings. The van der Waals surface area contributed by atoms with Gasteiger partial charge in [-0.2, -0.15) is 0 Å². The van der Waals surface area contributed by atoms with Crippen molar-refractivity contribution in [2.75, 3.05) is 33.3 Å². The van der Waals surface area contributed by atoms with Crippen molar-refractivity contribution < 1.29 is 24.5 Å². The zero-order chi connectivity index (χ0) is 20.4. The number of aliphatic carboxylic acids is 2. The summed E-state index contributed by atoms with van der Waals surface area (Å²) < 4.78 is 5.23. The van der Waals surface area contributed by atoms with E-state index in [1.54, 1.807) is 7.11 Å². The molecule has 7 heteroatoms. The number of methoxy groups -OCH3 is 1. The van der Waals surface area contributed by atoms with Gasteiger partial charge in [0.1, 0.15) is 5.75 Å². The van der Waals surface area contributed by atoms with Crippen LogP contribution in [0.5, 0.6) is 5.75 Å². The molecule has 3 rings (SSSR count). The zero-order valence-corrected chi connectivity index (χ0v) is 16.7. The van der Waals surface area contributed by atoms with Gasteiger partial charge in [-0.05, 0) is 69.6 Å². The number of hydrogen-bond donors (Lipinski definition) is 2. The van der Waals surface area contributed by atoms with Gasteiger partial charge in [-0.1, -0.05) is 25.0 Å². The van der Waals surface area contributed by atoms with Crippen LogP contribution in [0.3, 0.4) is 0 Å². The maximum atomic E-state index is 9.10. The minimum absolute atomic E-state index is 0.838. The maximum absolute atomic E-state index is 9.10. The summed E-state index contributed by atoms with van der Waals surface area (Å²) in [5.74, 6) is -2.70. The second-order valence-corrected chi connectivity index (χ2v) is 7.42. The Morgan fingerprint density at radius 1 is 0.929 bits per heavy atom. The van der Waals surface area contributed by atoms with E-state index in [0.29, 0.717) is 0 Å². The molecule has 0 aromatic heterocycles. The van der Waals surface area contributed by atoms with E-state index in [2.05, 4.69) is 34.1 Å². The Labute approximate surface area is 166 Å². The van der Waals surface area contributed by atoms with Crippen molar-refractivity contribution in [3.05, 3.63) is 29.8 Å². The quantitative estimate of drug-likeness (QED) is 0.762. The van der Waals surface area contributed by atoms with Gasteiger partial charge in [-0.15, -0.1) is 0 Å². The first kappa shape index (κ1) is 22.2. The van der Waals surface area contributed by atoms with Gasteiger partial charge in [0.2, 0.25) is 0 Å². The molecule has 0 atom stereocenters. The summed E-state index contributed by atoms with van der Waals surface area (Å²) in [6.45, 7) is 6.24.